The molecule has 21 heavy (non-hydrogen) atoms. The van der Waals surface area contributed by atoms with Crippen LogP contribution >= 0.6 is 0 Å². The lowest BCUT2D eigenvalue weighted by atomic mass is 9.87. The summed E-state index contributed by atoms with van der Waals surface area (Å²) in [5.41, 5.74) is 0.605. The summed E-state index contributed by atoms with van der Waals surface area (Å²) >= 11 is 0. The lowest BCUT2D eigenvalue weighted by Crippen LogP contribution is -2.24. The second-order valence-electron chi connectivity index (χ2n) is 6.24. The molecule has 0 unspecified atom stereocenters. The van der Waals surface area contributed by atoms with Gasteiger partial charge in [-0.05, 0) is 58.0 Å². The van der Waals surface area contributed by atoms with Gasteiger partial charge in [0.2, 0.25) is 0 Å². The molecule has 0 aliphatic rings. The van der Waals surface area contributed by atoms with E-state index in [1.807, 2.05) is 18.2 Å². The monoisotopic (exact) mass is 293 g/mol. The first kappa shape index (κ1) is 17.5. The van der Waals surface area contributed by atoms with Crippen LogP contribution in [0.3, 0.4) is 0 Å². The summed E-state index contributed by atoms with van der Waals surface area (Å²) in [7, 11) is 3.76. The fourth-order valence-electron chi connectivity index (χ4n) is 2.22. The Morgan fingerprint density at radius 1 is 1.33 bits per heavy atom. The van der Waals surface area contributed by atoms with E-state index in [0.717, 1.165) is 38.1 Å². The number of methoxy groups -OCH3 is 1. The zero-order valence-corrected chi connectivity index (χ0v) is 13.6. The molecule has 0 aromatic heterocycles. The normalized spacial score (nSPS) is 11.7. The number of ether oxygens (including phenoxy) is 1. The van der Waals surface area contributed by atoms with Crippen LogP contribution in [-0.4, -0.2) is 36.7 Å². The third kappa shape index (κ3) is 6.17. The van der Waals surface area contributed by atoms with E-state index in [2.05, 4.69) is 18.0 Å². The van der Waals surface area contributed by atoms with Crippen LogP contribution in [-0.2, 0) is 11.3 Å². The van der Waals surface area contributed by atoms with Crippen molar-refractivity contribution >= 4 is 5.97 Å². The van der Waals surface area contributed by atoms with Crippen LogP contribution in [0.5, 0.6) is 5.75 Å². The molecule has 0 radical (unpaired) electrons. The molecule has 118 valence electrons. The van der Waals surface area contributed by atoms with Crippen LogP contribution in [0, 0.1) is 5.41 Å². The molecule has 0 fully saturated rings. The minimum absolute atomic E-state index is 0.620. The van der Waals surface area contributed by atoms with Crippen LogP contribution in [0.2, 0.25) is 0 Å². The summed E-state index contributed by atoms with van der Waals surface area (Å²) < 4.78 is 5.22. The van der Waals surface area contributed by atoms with Crippen molar-refractivity contribution in [2.75, 3.05) is 20.7 Å². The van der Waals surface area contributed by atoms with Gasteiger partial charge in [0.1, 0.15) is 5.75 Å². The highest BCUT2D eigenvalue weighted by molar-refractivity contribution is 5.73. The smallest absolute Gasteiger partial charge is 0.309 e. The molecule has 0 aliphatic carbocycles. The van der Waals surface area contributed by atoms with Gasteiger partial charge in [-0.1, -0.05) is 18.6 Å². The number of carbonyl (C=O) groups is 1. The Labute approximate surface area is 127 Å². The van der Waals surface area contributed by atoms with E-state index in [9.17, 15) is 4.79 Å². The Kier molecular flexibility index (Phi) is 6.69. The van der Waals surface area contributed by atoms with E-state index in [0.29, 0.717) is 0 Å². The highest BCUT2D eigenvalue weighted by atomic mass is 16.5. The Hall–Kier alpha value is -1.55. The quantitative estimate of drug-likeness (QED) is 0.709. The largest absolute Gasteiger partial charge is 0.497 e. The van der Waals surface area contributed by atoms with E-state index in [1.165, 1.54) is 5.56 Å². The van der Waals surface area contributed by atoms with Gasteiger partial charge in [0.05, 0.1) is 12.5 Å². The van der Waals surface area contributed by atoms with Crippen LogP contribution in [0.15, 0.2) is 24.3 Å². The summed E-state index contributed by atoms with van der Waals surface area (Å²) in [6.07, 6.45) is 2.66. The van der Waals surface area contributed by atoms with Gasteiger partial charge in [0.25, 0.3) is 0 Å². The van der Waals surface area contributed by atoms with Gasteiger partial charge in [-0.15, -0.1) is 0 Å². The Morgan fingerprint density at radius 2 is 2.05 bits per heavy atom. The molecule has 0 bridgehead atoms. The zero-order chi connectivity index (χ0) is 15.9. The molecule has 1 rings (SSSR count). The van der Waals surface area contributed by atoms with Crippen LogP contribution in [0.4, 0.5) is 0 Å². The first-order valence-corrected chi connectivity index (χ1v) is 7.40. The second-order valence-corrected chi connectivity index (χ2v) is 6.24. The molecule has 4 nitrogen and oxygen atoms in total. The fourth-order valence-corrected chi connectivity index (χ4v) is 2.22. The van der Waals surface area contributed by atoms with E-state index < -0.39 is 11.4 Å². The van der Waals surface area contributed by atoms with Gasteiger partial charge in [0.15, 0.2) is 0 Å². The molecule has 0 aliphatic heterocycles. The summed E-state index contributed by atoms with van der Waals surface area (Å²) in [6, 6.07) is 8.07. The van der Waals surface area contributed by atoms with Crippen molar-refractivity contribution in [3.05, 3.63) is 29.8 Å². The maximum atomic E-state index is 11.0. The van der Waals surface area contributed by atoms with Crippen molar-refractivity contribution in [3.63, 3.8) is 0 Å². The number of hydrogen-bond donors (Lipinski definition) is 1. The molecule has 1 aromatic carbocycles. The highest BCUT2D eigenvalue weighted by Crippen LogP contribution is 2.23. The molecule has 0 saturated heterocycles. The van der Waals surface area contributed by atoms with Crippen LogP contribution < -0.4 is 4.74 Å². The first-order chi connectivity index (χ1) is 9.85. The van der Waals surface area contributed by atoms with Crippen LogP contribution in [0.25, 0.3) is 0 Å². The van der Waals surface area contributed by atoms with E-state index in [-0.39, 0.29) is 0 Å². The predicted octanol–water partition coefficient (Wildman–Crippen LogP) is 3.41. The number of benzene rings is 1. The summed E-state index contributed by atoms with van der Waals surface area (Å²) in [5.74, 6) is 0.163. The molecule has 0 amide bonds. The van der Waals surface area contributed by atoms with Crippen molar-refractivity contribution in [3.8, 4) is 5.75 Å². The molecule has 0 spiro atoms. The number of carboxylic acid groups (broad SMARTS) is 1. The minimum atomic E-state index is -0.716. The second kappa shape index (κ2) is 8.03. The molecular weight excluding hydrogens is 266 g/mol. The number of hydrogen-bond acceptors (Lipinski definition) is 3. The average Bonchev–Trinajstić information content (AvgIpc) is 2.43. The lowest BCUT2D eigenvalue weighted by Gasteiger charge is -2.20. The Balaban J connectivity index is 2.31. The fraction of sp³-hybridized carbons (Fsp3) is 0.588. The predicted molar refractivity (Wildman–Crippen MR) is 84.6 cm³/mol. The summed E-state index contributed by atoms with van der Waals surface area (Å²) in [4.78, 5) is 13.3. The van der Waals surface area contributed by atoms with E-state index >= 15 is 0 Å². The Bertz CT molecular complexity index is 457. The summed E-state index contributed by atoms with van der Waals surface area (Å²) in [6.45, 7) is 5.41. The molecule has 0 atom stereocenters. The molecular formula is C17H27NO3. The number of carboxylic acids is 1. The van der Waals surface area contributed by atoms with Gasteiger partial charge in [-0.3, -0.25) is 4.79 Å². The minimum Gasteiger partial charge on any atom is -0.497 e. The first-order valence-electron chi connectivity index (χ1n) is 7.40. The van der Waals surface area contributed by atoms with Crippen molar-refractivity contribution in [2.45, 2.75) is 39.7 Å². The van der Waals surface area contributed by atoms with Gasteiger partial charge >= 0.3 is 5.97 Å². The average molecular weight is 293 g/mol. The van der Waals surface area contributed by atoms with Crippen molar-refractivity contribution in [1.29, 1.82) is 0 Å². The third-order valence-corrected chi connectivity index (χ3v) is 3.76. The van der Waals surface area contributed by atoms with Gasteiger partial charge in [-0.25, -0.2) is 0 Å². The number of nitrogens with zero attached hydrogens (tertiary/aromatic N) is 1. The number of aliphatic carboxylic acids is 1. The van der Waals surface area contributed by atoms with E-state index in [4.69, 9.17) is 9.84 Å². The van der Waals surface area contributed by atoms with Crippen LogP contribution in [0.1, 0.15) is 38.7 Å². The van der Waals surface area contributed by atoms with Gasteiger partial charge in [0, 0.05) is 6.54 Å². The topological polar surface area (TPSA) is 49.8 Å². The highest BCUT2D eigenvalue weighted by Gasteiger charge is 2.25. The lowest BCUT2D eigenvalue weighted by molar-refractivity contribution is -0.147. The van der Waals surface area contributed by atoms with Gasteiger partial charge in [-0.2, -0.15) is 0 Å². The zero-order valence-electron chi connectivity index (χ0n) is 13.6. The molecule has 1 aromatic rings. The third-order valence-electron chi connectivity index (χ3n) is 3.76. The molecule has 0 heterocycles. The molecule has 4 heteroatoms. The molecule has 0 saturated carbocycles. The van der Waals surface area contributed by atoms with E-state index in [1.54, 1.807) is 21.0 Å². The SMILES string of the molecule is COc1cccc(CN(C)CCCCC(C)(C)C(=O)O)c1. The van der Waals surface area contributed by atoms with Crippen molar-refractivity contribution in [2.24, 2.45) is 5.41 Å². The standard InChI is InChI=1S/C17H27NO3/c1-17(2,16(19)20)10-5-6-11-18(3)13-14-8-7-9-15(12-14)21-4/h7-9,12H,5-6,10-11,13H2,1-4H3,(H,19,20). The maximum Gasteiger partial charge on any atom is 0.309 e. The maximum absolute atomic E-state index is 11.0. The van der Waals surface area contributed by atoms with Crippen molar-refractivity contribution in [1.82, 2.24) is 4.90 Å². The number of unbranched alkanes of at least 4 members (excludes halogenated alkanes) is 1. The molecule has 1 N–H and O–H groups in total. The van der Waals surface area contributed by atoms with Gasteiger partial charge < -0.3 is 14.7 Å². The van der Waals surface area contributed by atoms with Crippen molar-refractivity contribution < 1.29 is 14.6 Å². The Morgan fingerprint density at radius 3 is 2.67 bits per heavy atom. The summed E-state index contributed by atoms with van der Waals surface area (Å²) in [5, 5.41) is 9.07. The number of rotatable bonds is 9.